The van der Waals surface area contributed by atoms with E-state index >= 15 is 0 Å². The first kappa shape index (κ1) is 11.0. The van der Waals surface area contributed by atoms with Crippen LogP contribution >= 0.6 is 0 Å². The molecule has 0 saturated carbocycles. The van der Waals surface area contributed by atoms with Crippen LogP contribution in [0.15, 0.2) is 12.3 Å². The van der Waals surface area contributed by atoms with E-state index in [-0.39, 0.29) is 11.7 Å². The molecule has 0 spiro atoms. The highest BCUT2D eigenvalue weighted by atomic mass is 16.4. The summed E-state index contributed by atoms with van der Waals surface area (Å²) in [4.78, 5) is 21.3. The summed E-state index contributed by atoms with van der Waals surface area (Å²) in [6.07, 6.45) is 4.86. The summed E-state index contributed by atoms with van der Waals surface area (Å²) >= 11 is 0. The Labute approximate surface area is 94.1 Å². The molecule has 0 aromatic carbocycles. The summed E-state index contributed by atoms with van der Waals surface area (Å²) in [5, 5.41) is 8.87. The molecule has 1 aliphatic rings. The summed E-state index contributed by atoms with van der Waals surface area (Å²) in [6.45, 7) is 1.02. The highest BCUT2D eigenvalue weighted by Crippen LogP contribution is 2.26. The molecule has 0 amide bonds. The van der Waals surface area contributed by atoms with Gasteiger partial charge in [-0.3, -0.25) is 4.90 Å². The van der Waals surface area contributed by atoms with Crippen LogP contribution in [0.2, 0.25) is 0 Å². The van der Waals surface area contributed by atoms with Gasteiger partial charge in [0.15, 0.2) is 5.69 Å². The van der Waals surface area contributed by atoms with Crippen LogP contribution in [0.4, 0.5) is 0 Å². The van der Waals surface area contributed by atoms with Crippen LogP contribution in [-0.4, -0.2) is 39.5 Å². The molecule has 1 N–H and O–H groups in total. The van der Waals surface area contributed by atoms with Crippen LogP contribution in [0, 0.1) is 0 Å². The highest BCUT2D eigenvalue weighted by molar-refractivity contribution is 5.85. The number of carboxylic acids is 1. The van der Waals surface area contributed by atoms with Crippen molar-refractivity contribution in [1.29, 1.82) is 0 Å². The van der Waals surface area contributed by atoms with E-state index in [1.165, 1.54) is 18.7 Å². The van der Waals surface area contributed by atoms with Crippen molar-refractivity contribution in [2.45, 2.75) is 25.3 Å². The Morgan fingerprint density at radius 1 is 1.56 bits per heavy atom. The van der Waals surface area contributed by atoms with Gasteiger partial charge in [-0.25, -0.2) is 14.8 Å². The topological polar surface area (TPSA) is 66.3 Å². The van der Waals surface area contributed by atoms with Gasteiger partial charge < -0.3 is 5.11 Å². The minimum absolute atomic E-state index is 0.0731. The van der Waals surface area contributed by atoms with Crippen molar-refractivity contribution in [2.24, 2.45) is 0 Å². The predicted octanol–water partition coefficient (Wildman–Crippen LogP) is 1.33. The van der Waals surface area contributed by atoms with Gasteiger partial charge in [-0.1, -0.05) is 6.42 Å². The molecule has 1 aliphatic heterocycles. The Morgan fingerprint density at radius 2 is 2.38 bits per heavy atom. The highest BCUT2D eigenvalue weighted by Gasteiger charge is 2.23. The number of hydrogen-bond acceptors (Lipinski definition) is 4. The van der Waals surface area contributed by atoms with Crippen molar-refractivity contribution in [3.8, 4) is 0 Å². The Kier molecular flexibility index (Phi) is 3.14. The first-order valence-electron chi connectivity index (χ1n) is 5.45. The van der Waals surface area contributed by atoms with E-state index < -0.39 is 5.97 Å². The number of aromatic nitrogens is 2. The molecule has 5 nitrogen and oxygen atoms in total. The zero-order chi connectivity index (χ0) is 11.5. The van der Waals surface area contributed by atoms with Crippen molar-refractivity contribution in [3.63, 3.8) is 0 Å². The number of aromatic carboxylic acids is 1. The van der Waals surface area contributed by atoms with Crippen molar-refractivity contribution >= 4 is 5.97 Å². The summed E-state index contributed by atoms with van der Waals surface area (Å²) in [7, 11) is 2.03. The van der Waals surface area contributed by atoms with Crippen LogP contribution in [0.25, 0.3) is 0 Å². The van der Waals surface area contributed by atoms with Crippen molar-refractivity contribution in [2.75, 3.05) is 13.6 Å². The minimum atomic E-state index is -0.998. The first-order valence-corrected chi connectivity index (χ1v) is 5.45. The van der Waals surface area contributed by atoms with Crippen molar-refractivity contribution in [1.82, 2.24) is 14.9 Å². The van der Waals surface area contributed by atoms with Gasteiger partial charge in [0, 0.05) is 6.20 Å². The molecule has 1 saturated heterocycles. The molecular formula is C11H15N3O2. The summed E-state index contributed by atoms with van der Waals surface area (Å²) in [5.41, 5.74) is 0.0731. The van der Waals surface area contributed by atoms with Crippen molar-refractivity contribution < 1.29 is 9.90 Å². The summed E-state index contributed by atoms with van der Waals surface area (Å²) < 4.78 is 0. The van der Waals surface area contributed by atoms with Crippen molar-refractivity contribution in [3.05, 3.63) is 23.8 Å². The van der Waals surface area contributed by atoms with Gasteiger partial charge in [0.25, 0.3) is 0 Å². The standard InChI is InChI=1S/C11H15N3O2/c1-14-7-3-2-4-9(14)10-12-6-5-8(13-10)11(15)16/h5-6,9H,2-4,7H2,1H3,(H,15,16). The molecule has 0 aliphatic carbocycles. The molecule has 1 aromatic heterocycles. The van der Waals surface area contributed by atoms with E-state index in [9.17, 15) is 4.79 Å². The second kappa shape index (κ2) is 4.57. The van der Waals surface area contributed by atoms with Gasteiger partial charge in [-0.2, -0.15) is 0 Å². The molecule has 2 heterocycles. The Balaban J connectivity index is 2.25. The SMILES string of the molecule is CN1CCCCC1c1nccc(C(=O)O)n1. The first-order chi connectivity index (χ1) is 7.68. The molecule has 1 unspecified atom stereocenters. The quantitative estimate of drug-likeness (QED) is 0.816. The number of carbonyl (C=O) groups is 1. The molecule has 2 rings (SSSR count). The monoisotopic (exact) mass is 221 g/mol. The lowest BCUT2D eigenvalue weighted by molar-refractivity contribution is 0.0688. The maximum Gasteiger partial charge on any atom is 0.354 e. The van der Waals surface area contributed by atoms with Crippen LogP contribution in [0.1, 0.15) is 41.6 Å². The minimum Gasteiger partial charge on any atom is -0.477 e. The third-order valence-electron chi connectivity index (χ3n) is 2.96. The summed E-state index contributed by atoms with van der Waals surface area (Å²) in [6, 6.07) is 1.59. The van der Waals surface area contributed by atoms with E-state index in [1.807, 2.05) is 7.05 Å². The molecule has 1 atom stereocenters. The molecule has 16 heavy (non-hydrogen) atoms. The zero-order valence-corrected chi connectivity index (χ0v) is 9.26. The Bertz CT molecular complexity index is 395. The molecule has 0 radical (unpaired) electrons. The van der Waals surface area contributed by atoms with Gasteiger partial charge >= 0.3 is 5.97 Å². The van der Waals surface area contributed by atoms with Gasteiger partial charge in [0.05, 0.1) is 6.04 Å². The molecule has 1 aromatic rings. The van der Waals surface area contributed by atoms with Crippen LogP contribution < -0.4 is 0 Å². The van der Waals surface area contributed by atoms with Crippen LogP contribution in [-0.2, 0) is 0 Å². The van der Waals surface area contributed by atoms with Gasteiger partial charge in [0.1, 0.15) is 5.82 Å². The number of carboxylic acid groups (broad SMARTS) is 1. The molecule has 86 valence electrons. The maximum absolute atomic E-state index is 10.8. The van der Waals surface area contributed by atoms with Gasteiger partial charge in [-0.05, 0) is 32.5 Å². The lowest BCUT2D eigenvalue weighted by Crippen LogP contribution is -2.31. The van der Waals surface area contributed by atoms with Crippen LogP contribution in [0.3, 0.4) is 0 Å². The average Bonchev–Trinajstić information content (AvgIpc) is 2.30. The largest absolute Gasteiger partial charge is 0.477 e. The number of nitrogens with zero attached hydrogens (tertiary/aromatic N) is 3. The second-order valence-corrected chi connectivity index (χ2v) is 4.10. The Hall–Kier alpha value is -1.49. The molecule has 5 heteroatoms. The fourth-order valence-electron chi connectivity index (χ4n) is 2.05. The van der Waals surface area contributed by atoms with Gasteiger partial charge in [-0.15, -0.1) is 0 Å². The summed E-state index contributed by atoms with van der Waals surface area (Å²) in [5.74, 6) is -0.371. The number of hydrogen-bond donors (Lipinski definition) is 1. The van der Waals surface area contributed by atoms with E-state index in [1.54, 1.807) is 0 Å². The fourth-order valence-corrected chi connectivity index (χ4v) is 2.05. The van der Waals surface area contributed by atoms with E-state index in [4.69, 9.17) is 5.11 Å². The van der Waals surface area contributed by atoms with E-state index in [0.717, 1.165) is 19.4 Å². The number of likely N-dealkylation sites (tertiary alicyclic amines) is 1. The smallest absolute Gasteiger partial charge is 0.354 e. The van der Waals surface area contributed by atoms with Gasteiger partial charge in [0.2, 0.25) is 0 Å². The average molecular weight is 221 g/mol. The lowest BCUT2D eigenvalue weighted by atomic mass is 10.0. The third-order valence-corrected chi connectivity index (χ3v) is 2.96. The maximum atomic E-state index is 10.8. The second-order valence-electron chi connectivity index (χ2n) is 4.10. The normalized spacial score (nSPS) is 21.9. The zero-order valence-electron chi connectivity index (χ0n) is 9.26. The van der Waals surface area contributed by atoms with Crippen LogP contribution in [0.5, 0.6) is 0 Å². The molecule has 0 bridgehead atoms. The van der Waals surface area contributed by atoms with E-state index in [2.05, 4.69) is 14.9 Å². The fraction of sp³-hybridized carbons (Fsp3) is 0.545. The number of rotatable bonds is 2. The molecule has 1 fully saturated rings. The third kappa shape index (κ3) is 2.19. The molecular weight excluding hydrogens is 206 g/mol. The number of piperidine rings is 1. The predicted molar refractivity (Wildman–Crippen MR) is 58.2 cm³/mol. The Morgan fingerprint density at radius 3 is 3.06 bits per heavy atom. The lowest BCUT2D eigenvalue weighted by Gasteiger charge is -2.31. The van der Waals surface area contributed by atoms with E-state index in [0.29, 0.717) is 5.82 Å².